The molecule has 6 N–H and O–H groups in total. The molecule has 0 spiro atoms. The van der Waals surface area contributed by atoms with E-state index in [9.17, 15) is 30.0 Å². The van der Waals surface area contributed by atoms with Crippen LogP contribution in [-0.4, -0.2) is 169 Å². The maximum atomic E-state index is 13.2. The van der Waals surface area contributed by atoms with Crippen molar-refractivity contribution in [1.29, 1.82) is 0 Å². The van der Waals surface area contributed by atoms with Gasteiger partial charge < -0.3 is 40.9 Å². The number of nitrogens with one attached hydrogen (secondary N) is 2. The summed E-state index contributed by atoms with van der Waals surface area (Å²) in [5, 5.41) is 51.0. The molecular weight excluding hydrogens is 1040 g/mol. The van der Waals surface area contributed by atoms with Gasteiger partial charge in [0, 0.05) is 91.9 Å². The fraction of sp³-hybridized carbons (Fsp3) is 0.972. The predicted molar refractivity (Wildman–Crippen MR) is 362 cm³/mol. The molecule has 0 aromatic rings. The van der Waals surface area contributed by atoms with Crippen LogP contribution in [0.15, 0.2) is 0 Å². The van der Waals surface area contributed by atoms with Crippen LogP contribution in [0.25, 0.3) is 0 Å². The molecule has 0 aliphatic carbocycles. The highest BCUT2D eigenvalue weighted by molar-refractivity contribution is 5.76. The summed E-state index contributed by atoms with van der Waals surface area (Å²) in [7, 11) is 3.93. The molecule has 0 bridgehead atoms. The Balaban J connectivity index is 4.72. The molecule has 502 valence electrons. The van der Waals surface area contributed by atoms with E-state index in [1.807, 2.05) is 7.05 Å². The summed E-state index contributed by atoms with van der Waals surface area (Å²) in [5.74, 6) is 0.156. The second kappa shape index (κ2) is 64.6. The van der Waals surface area contributed by atoms with Crippen LogP contribution in [0, 0.1) is 0 Å². The molecule has 2 amide bonds. The van der Waals surface area contributed by atoms with Gasteiger partial charge in [0.2, 0.25) is 11.8 Å². The summed E-state index contributed by atoms with van der Waals surface area (Å²) in [4.78, 5) is 34.5. The predicted octanol–water partition coefficient (Wildman–Crippen LogP) is 15.9. The lowest BCUT2D eigenvalue weighted by Crippen LogP contribution is -2.43. The molecular formula is C72H148N6O6. The molecule has 0 heterocycles. The summed E-state index contributed by atoms with van der Waals surface area (Å²) in [6, 6.07) is 0. The summed E-state index contributed by atoms with van der Waals surface area (Å²) in [5.41, 5.74) is 0. The second-order valence-corrected chi connectivity index (χ2v) is 26.4. The molecule has 12 nitrogen and oxygen atoms in total. The zero-order valence-corrected chi connectivity index (χ0v) is 57.1. The van der Waals surface area contributed by atoms with Crippen molar-refractivity contribution < 1.29 is 30.0 Å². The highest BCUT2D eigenvalue weighted by atomic mass is 16.3. The minimum absolute atomic E-state index is 0.0601. The number of rotatable bonds is 69. The molecule has 4 atom stereocenters. The second-order valence-electron chi connectivity index (χ2n) is 26.4. The number of carbonyl (C=O) groups is 2. The van der Waals surface area contributed by atoms with Gasteiger partial charge in [0.1, 0.15) is 0 Å². The van der Waals surface area contributed by atoms with Crippen molar-refractivity contribution in [3.63, 3.8) is 0 Å². The van der Waals surface area contributed by atoms with Crippen LogP contribution in [0.5, 0.6) is 0 Å². The number of hydrogen-bond donors (Lipinski definition) is 6. The lowest BCUT2D eigenvalue weighted by molar-refractivity contribution is -0.130. The molecule has 0 aromatic heterocycles. The van der Waals surface area contributed by atoms with Gasteiger partial charge in [-0.05, 0) is 52.1 Å². The van der Waals surface area contributed by atoms with Gasteiger partial charge in [-0.3, -0.25) is 19.4 Å². The first kappa shape index (κ1) is 82.6. The van der Waals surface area contributed by atoms with E-state index in [0.29, 0.717) is 71.7 Å². The maximum absolute atomic E-state index is 13.2. The van der Waals surface area contributed by atoms with Gasteiger partial charge in [-0.25, -0.2) is 0 Å². The Morgan fingerprint density at radius 2 is 0.607 bits per heavy atom. The fourth-order valence-electron chi connectivity index (χ4n) is 11.9. The van der Waals surface area contributed by atoms with Crippen LogP contribution in [0.1, 0.15) is 336 Å². The summed E-state index contributed by atoms with van der Waals surface area (Å²) >= 11 is 0. The van der Waals surface area contributed by atoms with Gasteiger partial charge in [-0.1, -0.05) is 285 Å². The molecule has 0 fully saturated rings. The number of carbonyl (C=O) groups excluding carboxylic acids is 2. The third kappa shape index (κ3) is 59.6. The van der Waals surface area contributed by atoms with E-state index >= 15 is 0 Å². The van der Waals surface area contributed by atoms with Crippen molar-refractivity contribution in [3.8, 4) is 0 Å². The zero-order valence-electron chi connectivity index (χ0n) is 57.1. The Morgan fingerprint density at radius 3 is 0.929 bits per heavy atom. The highest BCUT2D eigenvalue weighted by Crippen LogP contribution is 2.18. The molecule has 0 aliphatic heterocycles. The van der Waals surface area contributed by atoms with Crippen LogP contribution in [0.3, 0.4) is 0 Å². The van der Waals surface area contributed by atoms with Crippen molar-refractivity contribution in [3.05, 3.63) is 0 Å². The lowest BCUT2D eigenvalue weighted by atomic mass is 10.0. The first-order chi connectivity index (χ1) is 40.9. The van der Waals surface area contributed by atoms with E-state index in [-0.39, 0.29) is 11.8 Å². The van der Waals surface area contributed by atoms with Gasteiger partial charge in [0.15, 0.2) is 0 Å². The van der Waals surface area contributed by atoms with E-state index in [4.69, 9.17) is 0 Å². The van der Waals surface area contributed by atoms with Crippen molar-refractivity contribution in [1.82, 2.24) is 30.2 Å². The summed E-state index contributed by atoms with van der Waals surface area (Å²) in [6.45, 7) is 16.7. The van der Waals surface area contributed by atoms with E-state index < -0.39 is 24.4 Å². The van der Waals surface area contributed by atoms with Gasteiger partial charge in [-0.15, -0.1) is 0 Å². The molecule has 0 saturated carbocycles. The normalized spacial score (nSPS) is 13.4. The van der Waals surface area contributed by atoms with Crippen LogP contribution in [0.4, 0.5) is 0 Å². The Bertz CT molecular complexity index is 1290. The standard InChI is InChI=1S/C72H148N6O6/c1-7-11-15-19-23-27-31-35-39-43-49-67(79)63-77(64-68(80)50-44-40-36-32-28-24-20-16-12-8-2)61-59-75(5)58-54-71(83)74-56-48-47-55-73-57-53-72(84)76(6)60-62-78(65-69(81)51-45-41-37-33-29-25-21-17-13-9-3)66-70(82)52-46-42-38-34-30-26-22-18-14-10-4/h67-70,73,79-82H,7-66H2,1-6H3,(H,74,83). The number of hydrogen-bond acceptors (Lipinski definition) is 10. The Morgan fingerprint density at radius 1 is 0.321 bits per heavy atom. The smallest absolute Gasteiger partial charge is 0.223 e. The van der Waals surface area contributed by atoms with E-state index in [1.165, 1.54) is 218 Å². The van der Waals surface area contributed by atoms with E-state index in [1.54, 1.807) is 4.90 Å². The van der Waals surface area contributed by atoms with Crippen LogP contribution in [-0.2, 0) is 9.59 Å². The van der Waals surface area contributed by atoms with Gasteiger partial charge in [0.25, 0.3) is 0 Å². The first-order valence-corrected chi connectivity index (χ1v) is 37.0. The van der Waals surface area contributed by atoms with Crippen molar-refractivity contribution in [2.45, 2.75) is 360 Å². The Hall–Kier alpha value is -1.38. The third-order valence-corrected chi connectivity index (χ3v) is 17.8. The molecule has 12 heteroatoms. The summed E-state index contributed by atoms with van der Waals surface area (Å²) < 4.78 is 0. The van der Waals surface area contributed by atoms with Gasteiger partial charge in [-0.2, -0.15) is 0 Å². The molecule has 0 radical (unpaired) electrons. The van der Waals surface area contributed by atoms with Crippen LogP contribution in [0.2, 0.25) is 0 Å². The van der Waals surface area contributed by atoms with Crippen LogP contribution >= 0.6 is 0 Å². The van der Waals surface area contributed by atoms with E-state index in [2.05, 4.69) is 60.1 Å². The maximum Gasteiger partial charge on any atom is 0.223 e. The monoisotopic (exact) mass is 1190 g/mol. The number of aliphatic hydroxyl groups is 4. The zero-order chi connectivity index (χ0) is 61.6. The molecule has 0 aliphatic rings. The van der Waals surface area contributed by atoms with Crippen molar-refractivity contribution >= 4 is 11.8 Å². The number of likely N-dealkylation sites (N-methyl/N-ethyl adjacent to an activating group) is 2. The third-order valence-electron chi connectivity index (χ3n) is 17.8. The summed E-state index contributed by atoms with van der Waals surface area (Å²) in [6.07, 6.45) is 55.4. The van der Waals surface area contributed by atoms with E-state index in [0.717, 1.165) is 96.7 Å². The number of aliphatic hydroxyl groups excluding tert-OH is 4. The molecule has 0 saturated heterocycles. The topological polar surface area (TPSA) is 152 Å². The molecule has 0 rings (SSSR count). The molecule has 84 heavy (non-hydrogen) atoms. The lowest BCUT2D eigenvalue weighted by Gasteiger charge is -2.29. The van der Waals surface area contributed by atoms with Crippen LogP contribution < -0.4 is 10.6 Å². The minimum atomic E-state index is -0.429. The minimum Gasteiger partial charge on any atom is -0.392 e. The Labute approximate surface area is 522 Å². The van der Waals surface area contributed by atoms with Crippen molar-refractivity contribution in [2.24, 2.45) is 0 Å². The fourth-order valence-corrected chi connectivity index (χ4v) is 11.9. The van der Waals surface area contributed by atoms with Gasteiger partial charge in [0.05, 0.1) is 24.4 Å². The number of unbranched alkanes of at least 4 members (excludes halogenated alkanes) is 37. The quantitative estimate of drug-likeness (QED) is 0.0325. The SMILES string of the molecule is CCCCCCCCCCCCC(O)CN(CCN(C)CCC(=O)NCCCCNCCC(=O)N(C)CCN(CC(O)CCCCCCCCCCCC)CC(O)CCCCCCCCCCCC)CC(O)CCCCCCCCCCCC. The molecule has 4 unspecified atom stereocenters. The van der Waals surface area contributed by atoms with Crippen molar-refractivity contribution in [2.75, 3.05) is 92.6 Å². The first-order valence-electron chi connectivity index (χ1n) is 37.0. The Kier molecular flexibility index (Phi) is 63.5. The van der Waals surface area contributed by atoms with Gasteiger partial charge >= 0.3 is 0 Å². The number of amides is 2. The average Bonchev–Trinajstić information content (AvgIpc) is 3.49. The largest absolute Gasteiger partial charge is 0.392 e. The highest BCUT2D eigenvalue weighted by Gasteiger charge is 2.20. The number of nitrogens with zero attached hydrogens (tertiary/aromatic N) is 4. The molecule has 0 aromatic carbocycles. The average molecular weight is 1190 g/mol.